The Balaban J connectivity index is 3.47. The summed E-state index contributed by atoms with van der Waals surface area (Å²) in [6, 6.07) is 2.25. The predicted octanol–water partition coefficient (Wildman–Crippen LogP) is 2.31. The van der Waals surface area contributed by atoms with Crippen LogP contribution in [0.3, 0.4) is 0 Å². The number of rotatable bonds is 2. The molecule has 0 fully saturated rings. The van der Waals surface area contributed by atoms with Crippen molar-refractivity contribution in [3.05, 3.63) is 38.1 Å². The van der Waals surface area contributed by atoms with Crippen molar-refractivity contribution in [3.63, 3.8) is 0 Å². The second-order valence-electron chi connectivity index (χ2n) is 2.17. The van der Waals surface area contributed by atoms with E-state index in [4.69, 9.17) is 0 Å². The van der Waals surface area contributed by atoms with Gasteiger partial charge in [-0.2, -0.15) is 0 Å². The third-order valence-electron chi connectivity index (χ3n) is 1.42. The molecule has 13 heavy (non-hydrogen) atoms. The van der Waals surface area contributed by atoms with E-state index in [0.717, 1.165) is 6.07 Å². The Labute approximate surface area is 80.6 Å². The van der Waals surface area contributed by atoms with Crippen LogP contribution in [-0.2, 0) is 0 Å². The molecule has 0 aliphatic carbocycles. The molecule has 0 N–H and O–H groups in total. The zero-order valence-electron chi connectivity index (χ0n) is 6.16. The zero-order valence-corrected chi connectivity index (χ0v) is 7.75. The summed E-state index contributed by atoms with van der Waals surface area (Å²) < 4.78 is 13.1. The highest BCUT2D eigenvalue weighted by Crippen LogP contribution is 2.25. The summed E-state index contributed by atoms with van der Waals surface area (Å²) >= 11 is 2.81. The molecule has 0 heterocycles. The molecule has 0 aliphatic rings. The van der Waals surface area contributed by atoms with Crippen LogP contribution in [0.5, 0.6) is 0 Å². The minimum Gasteiger partial charge on any atom is -0.298 e. The highest BCUT2D eigenvalue weighted by molar-refractivity contribution is 9.10. The minimum absolute atomic E-state index is 0.0280. The van der Waals surface area contributed by atoms with Gasteiger partial charge in [0.25, 0.3) is 5.69 Å². The third kappa shape index (κ3) is 1.72. The smallest absolute Gasteiger partial charge is 0.282 e. The Bertz CT molecular complexity index is 380. The Kier molecular flexibility index (Phi) is 2.72. The van der Waals surface area contributed by atoms with Crippen LogP contribution in [0.15, 0.2) is 16.6 Å². The number of aldehydes is 1. The van der Waals surface area contributed by atoms with E-state index in [2.05, 4.69) is 15.9 Å². The van der Waals surface area contributed by atoms with Gasteiger partial charge in [0.2, 0.25) is 0 Å². The first-order valence-electron chi connectivity index (χ1n) is 3.15. The van der Waals surface area contributed by atoms with Crippen molar-refractivity contribution in [1.82, 2.24) is 0 Å². The second-order valence-corrected chi connectivity index (χ2v) is 3.02. The number of carbonyl (C=O) groups is 1. The van der Waals surface area contributed by atoms with E-state index >= 15 is 0 Å². The number of halogens is 2. The fourth-order valence-corrected chi connectivity index (χ4v) is 1.17. The largest absolute Gasteiger partial charge is 0.298 e. The average Bonchev–Trinajstić information content (AvgIpc) is 2.09. The number of nitro benzene ring substituents is 1. The van der Waals surface area contributed by atoms with Crippen molar-refractivity contribution < 1.29 is 14.1 Å². The van der Waals surface area contributed by atoms with Crippen LogP contribution in [0.25, 0.3) is 0 Å². The first-order chi connectivity index (χ1) is 6.07. The highest BCUT2D eigenvalue weighted by Gasteiger charge is 2.19. The van der Waals surface area contributed by atoms with E-state index < -0.39 is 22.0 Å². The molecule has 0 atom stereocenters. The lowest BCUT2D eigenvalue weighted by molar-refractivity contribution is -0.385. The van der Waals surface area contributed by atoms with Gasteiger partial charge < -0.3 is 0 Å². The molecule has 0 bridgehead atoms. The van der Waals surface area contributed by atoms with Gasteiger partial charge in [0.05, 0.1) is 9.40 Å². The molecule has 0 aliphatic heterocycles. The average molecular weight is 248 g/mol. The van der Waals surface area contributed by atoms with Crippen molar-refractivity contribution >= 4 is 27.9 Å². The predicted molar refractivity (Wildman–Crippen MR) is 46.1 cm³/mol. The normalized spacial score (nSPS) is 9.69. The maximum absolute atomic E-state index is 13.0. The second kappa shape index (κ2) is 3.61. The number of nitrogens with zero attached hydrogens (tertiary/aromatic N) is 1. The van der Waals surface area contributed by atoms with Crippen LogP contribution in [0, 0.1) is 15.9 Å². The van der Waals surface area contributed by atoms with Crippen LogP contribution in [-0.4, -0.2) is 11.2 Å². The number of hydrogen-bond donors (Lipinski definition) is 0. The van der Waals surface area contributed by atoms with Gasteiger partial charge in [-0.15, -0.1) is 0 Å². The number of hydrogen-bond acceptors (Lipinski definition) is 3. The van der Waals surface area contributed by atoms with E-state index in [1.54, 1.807) is 0 Å². The van der Waals surface area contributed by atoms with E-state index in [0.29, 0.717) is 0 Å². The molecule has 0 unspecified atom stereocenters. The molecule has 6 heteroatoms. The van der Waals surface area contributed by atoms with Gasteiger partial charge in [-0.3, -0.25) is 14.9 Å². The van der Waals surface area contributed by atoms with Gasteiger partial charge in [0, 0.05) is 6.07 Å². The third-order valence-corrected chi connectivity index (χ3v) is 2.04. The molecule has 1 rings (SSSR count). The molecule has 0 spiro atoms. The van der Waals surface area contributed by atoms with Gasteiger partial charge in [0.1, 0.15) is 5.56 Å². The fourth-order valence-electron chi connectivity index (χ4n) is 0.827. The Morgan fingerprint density at radius 2 is 2.15 bits per heavy atom. The first-order valence-corrected chi connectivity index (χ1v) is 3.94. The lowest BCUT2D eigenvalue weighted by Gasteiger charge is -1.98. The van der Waals surface area contributed by atoms with Crippen molar-refractivity contribution in [2.75, 3.05) is 0 Å². The Morgan fingerprint density at radius 1 is 1.54 bits per heavy atom. The van der Waals surface area contributed by atoms with Crippen LogP contribution >= 0.6 is 15.9 Å². The summed E-state index contributed by atoms with van der Waals surface area (Å²) in [4.78, 5) is 19.8. The standard InChI is InChI=1S/C7H3BrFNO3/c8-5-1-2-6(10(12)13)4(3-11)7(5)9/h1-3H. The summed E-state index contributed by atoms with van der Waals surface area (Å²) in [6.07, 6.45) is 0.123. The van der Waals surface area contributed by atoms with E-state index in [9.17, 15) is 19.3 Å². The number of carbonyl (C=O) groups excluding carboxylic acids is 1. The van der Waals surface area contributed by atoms with Gasteiger partial charge in [-0.25, -0.2) is 4.39 Å². The topological polar surface area (TPSA) is 60.2 Å². The Morgan fingerprint density at radius 3 is 2.62 bits per heavy atom. The Hall–Kier alpha value is -1.30. The van der Waals surface area contributed by atoms with Crippen LogP contribution in [0.2, 0.25) is 0 Å². The van der Waals surface area contributed by atoms with E-state index in [-0.39, 0.29) is 10.8 Å². The highest BCUT2D eigenvalue weighted by atomic mass is 79.9. The van der Waals surface area contributed by atoms with Crippen LogP contribution in [0.4, 0.5) is 10.1 Å². The van der Waals surface area contributed by atoms with Crippen molar-refractivity contribution in [1.29, 1.82) is 0 Å². The molecule has 1 aromatic carbocycles. The van der Waals surface area contributed by atoms with E-state index in [1.807, 2.05) is 0 Å². The number of benzene rings is 1. The molecule has 1 aromatic rings. The van der Waals surface area contributed by atoms with E-state index in [1.165, 1.54) is 6.07 Å². The van der Waals surface area contributed by atoms with Crippen LogP contribution < -0.4 is 0 Å². The van der Waals surface area contributed by atoms with Crippen molar-refractivity contribution in [2.45, 2.75) is 0 Å². The van der Waals surface area contributed by atoms with Gasteiger partial charge in [-0.1, -0.05) is 0 Å². The summed E-state index contributed by atoms with van der Waals surface area (Å²) in [6.45, 7) is 0. The molecular formula is C7H3BrFNO3. The lowest BCUT2D eigenvalue weighted by Crippen LogP contribution is -1.98. The summed E-state index contributed by atoms with van der Waals surface area (Å²) in [5, 5.41) is 10.3. The lowest BCUT2D eigenvalue weighted by atomic mass is 10.2. The SMILES string of the molecule is O=Cc1c([N+](=O)[O-])ccc(Br)c1F. The number of nitro groups is 1. The minimum atomic E-state index is -0.913. The van der Waals surface area contributed by atoms with Gasteiger partial charge >= 0.3 is 0 Å². The maximum atomic E-state index is 13.0. The monoisotopic (exact) mass is 247 g/mol. The molecule has 0 aromatic heterocycles. The van der Waals surface area contributed by atoms with Gasteiger partial charge in [0.15, 0.2) is 12.1 Å². The van der Waals surface area contributed by atoms with Crippen molar-refractivity contribution in [3.8, 4) is 0 Å². The molecule has 4 nitrogen and oxygen atoms in total. The molecule has 0 saturated carbocycles. The molecule has 0 amide bonds. The molecule has 0 radical (unpaired) electrons. The maximum Gasteiger partial charge on any atom is 0.282 e. The summed E-state index contributed by atoms with van der Waals surface area (Å²) in [7, 11) is 0. The molecular weight excluding hydrogens is 245 g/mol. The van der Waals surface area contributed by atoms with Crippen LogP contribution in [0.1, 0.15) is 10.4 Å². The zero-order chi connectivity index (χ0) is 10.0. The summed E-state index contributed by atoms with van der Waals surface area (Å²) in [5.74, 6) is -0.913. The molecule has 68 valence electrons. The van der Waals surface area contributed by atoms with Crippen molar-refractivity contribution in [2.24, 2.45) is 0 Å². The first kappa shape index (κ1) is 9.79. The quantitative estimate of drug-likeness (QED) is 0.458. The molecule has 0 saturated heterocycles. The van der Waals surface area contributed by atoms with Gasteiger partial charge in [-0.05, 0) is 22.0 Å². The summed E-state index contributed by atoms with van der Waals surface area (Å²) in [5.41, 5.74) is -1.07. The fraction of sp³-hybridized carbons (Fsp3) is 0.